The first kappa shape index (κ1) is 23.3. The van der Waals surface area contributed by atoms with Gasteiger partial charge in [-0.3, -0.25) is 0 Å². The van der Waals surface area contributed by atoms with Gasteiger partial charge < -0.3 is 19.3 Å². The average Bonchev–Trinajstić information content (AvgIpc) is 3.27. The second-order valence-electron chi connectivity index (χ2n) is 7.72. The highest BCUT2D eigenvalue weighted by Gasteiger charge is 2.29. The molecule has 0 radical (unpaired) electrons. The molecule has 10 heteroatoms. The van der Waals surface area contributed by atoms with Crippen LogP contribution in [0.25, 0.3) is 0 Å². The monoisotopic (exact) mass is 487 g/mol. The Morgan fingerprint density at radius 1 is 1.24 bits per heavy atom. The van der Waals surface area contributed by atoms with Gasteiger partial charge in [0.25, 0.3) is 0 Å². The first-order valence-corrected chi connectivity index (χ1v) is 12.0. The molecule has 8 nitrogen and oxygen atoms in total. The number of aryl methyl sites for hydroxylation is 1. The van der Waals surface area contributed by atoms with Crippen LogP contribution in [0, 0.1) is 6.92 Å². The Hall–Kier alpha value is -2.91. The summed E-state index contributed by atoms with van der Waals surface area (Å²) in [5.41, 5.74) is 1.14. The topological polar surface area (TPSA) is 80.7 Å². The predicted molar refractivity (Wildman–Crippen MR) is 130 cm³/mol. The number of aromatic nitrogens is 3. The van der Waals surface area contributed by atoms with Gasteiger partial charge in [0.1, 0.15) is 16.9 Å². The number of para-hydroxylation sites is 1. The zero-order valence-corrected chi connectivity index (χ0v) is 20.4. The fourth-order valence-electron chi connectivity index (χ4n) is 3.58. The lowest BCUT2D eigenvalue weighted by Gasteiger charge is -2.32. The minimum atomic E-state index is -0.426. The van der Waals surface area contributed by atoms with E-state index >= 15 is 0 Å². The number of anilines is 3. The number of benzene rings is 1. The van der Waals surface area contributed by atoms with Gasteiger partial charge in [0.05, 0.1) is 6.61 Å². The van der Waals surface area contributed by atoms with Gasteiger partial charge in [0.15, 0.2) is 21.8 Å². The summed E-state index contributed by atoms with van der Waals surface area (Å²) in [7, 11) is 1.84. The normalized spacial score (nSPS) is 14.2. The second kappa shape index (κ2) is 10.4. The van der Waals surface area contributed by atoms with Crippen molar-refractivity contribution in [1.29, 1.82) is 0 Å². The molecular formula is C23H26ClN5O3S. The number of thiazole rings is 1. The Morgan fingerprint density at radius 2 is 1.97 bits per heavy atom. The van der Waals surface area contributed by atoms with E-state index in [1.807, 2.05) is 50.4 Å². The van der Waals surface area contributed by atoms with Gasteiger partial charge >= 0.3 is 5.97 Å². The van der Waals surface area contributed by atoms with Crippen molar-refractivity contribution in [2.45, 2.75) is 32.8 Å². The van der Waals surface area contributed by atoms with E-state index in [0.29, 0.717) is 21.8 Å². The Morgan fingerprint density at radius 3 is 2.64 bits per heavy atom. The Bertz CT molecular complexity index is 1100. The maximum Gasteiger partial charge on any atom is 0.360 e. The molecule has 0 bridgehead atoms. The average molecular weight is 488 g/mol. The van der Waals surface area contributed by atoms with Crippen LogP contribution < -0.4 is 14.5 Å². The highest BCUT2D eigenvalue weighted by Crippen LogP contribution is 2.38. The molecule has 4 rings (SSSR count). The lowest BCUT2D eigenvalue weighted by Crippen LogP contribution is -2.38. The third-order valence-corrected chi connectivity index (χ3v) is 6.95. The third-order valence-electron chi connectivity index (χ3n) is 5.38. The van der Waals surface area contributed by atoms with Gasteiger partial charge in [0, 0.05) is 33.0 Å². The van der Waals surface area contributed by atoms with Crippen LogP contribution in [0.5, 0.6) is 5.75 Å². The minimum Gasteiger partial charge on any atom is -0.490 e. The highest BCUT2D eigenvalue weighted by atomic mass is 35.5. The molecule has 0 unspecified atom stereocenters. The number of ether oxygens (including phenoxy) is 2. The van der Waals surface area contributed by atoms with Crippen LogP contribution >= 0.6 is 22.9 Å². The van der Waals surface area contributed by atoms with Crippen molar-refractivity contribution in [3.05, 3.63) is 52.8 Å². The number of hydrogen-bond acceptors (Lipinski definition) is 9. The van der Waals surface area contributed by atoms with E-state index in [9.17, 15) is 4.79 Å². The predicted octanol–water partition coefficient (Wildman–Crippen LogP) is 4.89. The molecule has 0 aliphatic carbocycles. The molecule has 3 heterocycles. The number of halogens is 1. The maximum absolute atomic E-state index is 12.7. The Labute approximate surface area is 202 Å². The molecule has 2 aromatic heterocycles. The number of hydrogen-bond donors (Lipinski definition) is 0. The van der Waals surface area contributed by atoms with Crippen molar-refractivity contribution < 1.29 is 14.3 Å². The number of carbonyl (C=O) groups is 1. The smallest absolute Gasteiger partial charge is 0.360 e. The summed E-state index contributed by atoms with van der Waals surface area (Å²) in [6, 6.07) is 11.7. The SMILES string of the molecule is CCOC(=O)c1nc(N(C)c2cc(C)c(Cl)nn2)sc1N1CCC(Oc2ccccc2)CC1. The molecule has 33 heavy (non-hydrogen) atoms. The number of nitrogens with zero attached hydrogens (tertiary/aromatic N) is 5. The van der Waals surface area contributed by atoms with Crippen molar-refractivity contribution in [2.24, 2.45) is 0 Å². The molecular weight excluding hydrogens is 462 g/mol. The zero-order valence-electron chi connectivity index (χ0n) is 18.8. The lowest BCUT2D eigenvalue weighted by atomic mass is 10.1. The van der Waals surface area contributed by atoms with Crippen LogP contribution in [0.2, 0.25) is 5.15 Å². The van der Waals surface area contributed by atoms with Crippen LogP contribution in [0.4, 0.5) is 16.0 Å². The molecule has 1 aliphatic heterocycles. The van der Waals surface area contributed by atoms with Crippen LogP contribution in [0.15, 0.2) is 36.4 Å². The van der Waals surface area contributed by atoms with E-state index in [1.165, 1.54) is 11.3 Å². The van der Waals surface area contributed by atoms with E-state index in [0.717, 1.165) is 42.2 Å². The molecule has 1 aromatic carbocycles. The molecule has 3 aromatic rings. The van der Waals surface area contributed by atoms with Gasteiger partial charge in [-0.05, 0) is 37.6 Å². The second-order valence-corrected chi connectivity index (χ2v) is 9.04. The zero-order chi connectivity index (χ0) is 23.4. The van der Waals surface area contributed by atoms with Gasteiger partial charge in [-0.15, -0.1) is 10.2 Å². The number of piperidine rings is 1. The molecule has 1 saturated heterocycles. The van der Waals surface area contributed by atoms with Crippen molar-refractivity contribution >= 4 is 44.9 Å². The fourth-order valence-corrected chi connectivity index (χ4v) is 4.75. The van der Waals surface area contributed by atoms with Crippen molar-refractivity contribution in [3.8, 4) is 5.75 Å². The molecule has 174 valence electrons. The summed E-state index contributed by atoms with van der Waals surface area (Å²) in [6.07, 6.45) is 1.83. The number of rotatable bonds is 7. The Kier molecular flexibility index (Phi) is 7.29. The molecule has 0 saturated carbocycles. The summed E-state index contributed by atoms with van der Waals surface area (Å²) >= 11 is 7.45. The summed E-state index contributed by atoms with van der Waals surface area (Å²) in [5, 5.41) is 9.94. The van der Waals surface area contributed by atoms with Crippen LogP contribution in [-0.2, 0) is 4.74 Å². The van der Waals surface area contributed by atoms with Crippen molar-refractivity contribution in [2.75, 3.05) is 36.5 Å². The van der Waals surface area contributed by atoms with E-state index in [-0.39, 0.29) is 12.7 Å². The molecule has 1 fully saturated rings. The van der Waals surface area contributed by atoms with Crippen LogP contribution in [0.3, 0.4) is 0 Å². The van der Waals surface area contributed by atoms with E-state index in [1.54, 1.807) is 11.8 Å². The summed E-state index contributed by atoms with van der Waals surface area (Å²) in [5.74, 6) is 1.05. The van der Waals surface area contributed by atoms with E-state index in [4.69, 9.17) is 21.1 Å². The van der Waals surface area contributed by atoms with Gasteiger partial charge in [-0.2, -0.15) is 0 Å². The largest absolute Gasteiger partial charge is 0.490 e. The van der Waals surface area contributed by atoms with Crippen molar-refractivity contribution in [1.82, 2.24) is 15.2 Å². The molecule has 0 atom stereocenters. The maximum atomic E-state index is 12.7. The number of esters is 1. The minimum absolute atomic E-state index is 0.136. The molecule has 0 N–H and O–H groups in total. The number of carbonyl (C=O) groups excluding carboxylic acids is 1. The summed E-state index contributed by atoms with van der Waals surface area (Å²) in [6.45, 7) is 5.46. The van der Waals surface area contributed by atoms with Gasteiger partial charge in [-0.25, -0.2) is 9.78 Å². The van der Waals surface area contributed by atoms with Gasteiger partial charge in [-0.1, -0.05) is 41.1 Å². The van der Waals surface area contributed by atoms with E-state index < -0.39 is 5.97 Å². The van der Waals surface area contributed by atoms with E-state index in [2.05, 4.69) is 20.1 Å². The molecule has 0 spiro atoms. The standard InChI is InChI=1S/C23H26ClN5O3S/c1-4-31-22(30)19-21(29-12-10-17(11-13-29)32-16-8-6-5-7-9-16)33-23(25-19)28(3)18-14-15(2)20(24)27-26-18/h5-9,14,17H,4,10-13H2,1-3H3. The quantitative estimate of drug-likeness (QED) is 0.436. The first-order valence-electron chi connectivity index (χ1n) is 10.8. The highest BCUT2D eigenvalue weighted by molar-refractivity contribution is 7.20. The third kappa shape index (κ3) is 5.36. The Balaban J connectivity index is 1.53. The first-order chi connectivity index (χ1) is 16.0. The lowest BCUT2D eigenvalue weighted by molar-refractivity contribution is 0.0521. The van der Waals surface area contributed by atoms with Crippen LogP contribution in [-0.4, -0.2) is 54.0 Å². The summed E-state index contributed by atoms with van der Waals surface area (Å²) < 4.78 is 11.4. The molecule has 0 amide bonds. The fraction of sp³-hybridized carbons (Fsp3) is 0.391. The molecule has 1 aliphatic rings. The van der Waals surface area contributed by atoms with Gasteiger partial charge in [0.2, 0.25) is 0 Å². The van der Waals surface area contributed by atoms with Crippen molar-refractivity contribution in [3.63, 3.8) is 0 Å². The summed E-state index contributed by atoms with van der Waals surface area (Å²) in [4.78, 5) is 21.3. The van der Waals surface area contributed by atoms with Crippen LogP contribution in [0.1, 0.15) is 35.8 Å².